The minimum Gasteiger partial charge on any atom is -0.498 e. The number of carbonyl (C=O) groups excluding carboxylic acids is 2. The van der Waals surface area contributed by atoms with Crippen molar-refractivity contribution in [2.24, 2.45) is 0 Å². The highest BCUT2D eigenvalue weighted by Crippen LogP contribution is 2.07. The molecule has 0 amide bonds. The van der Waals surface area contributed by atoms with Crippen LogP contribution < -0.4 is 0 Å². The molecule has 0 bridgehead atoms. The molecule has 0 aromatic heterocycles. The topological polar surface area (TPSA) is 52.6 Å². The summed E-state index contributed by atoms with van der Waals surface area (Å²) in [6.07, 6.45) is 3.58. The van der Waals surface area contributed by atoms with Gasteiger partial charge in [-0.25, -0.2) is 0 Å². The van der Waals surface area contributed by atoms with E-state index >= 15 is 0 Å². The minimum absolute atomic E-state index is 0.170. The Hall–Kier alpha value is -1.32. The molecule has 0 fully saturated rings. The van der Waals surface area contributed by atoms with Crippen molar-refractivity contribution >= 4 is 11.8 Å². The highest BCUT2D eigenvalue weighted by Gasteiger charge is 2.15. The lowest BCUT2D eigenvalue weighted by Crippen LogP contribution is -2.23. The van der Waals surface area contributed by atoms with E-state index in [9.17, 15) is 9.59 Å². The van der Waals surface area contributed by atoms with Crippen LogP contribution in [0.4, 0.5) is 0 Å². The minimum atomic E-state index is -0.485. The smallest absolute Gasteiger partial charge is 0.313 e. The van der Waals surface area contributed by atoms with Gasteiger partial charge in [0, 0.05) is 0 Å². The molecule has 0 aliphatic rings. The van der Waals surface area contributed by atoms with Crippen LogP contribution in [0.3, 0.4) is 0 Å². The van der Waals surface area contributed by atoms with Crippen molar-refractivity contribution < 1.29 is 19.1 Å². The van der Waals surface area contributed by atoms with E-state index in [1.54, 1.807) is 0 Å². The molecule has 0 aromatic carbocycles. The number of hydrogen-bond acceptors (Lipinski definition) is 4. The van der Waals surface area contributed by atoms with Crippen LogP contribution in [0.15, 0.2) is 12.8 Å². The Bertz CT molecular complexity index is 235. The Morgan fingerprint density at radius 2 is 2.12 bits per heavy atom. The second-order valence-corrected chi connectivity index (χ2v) is 3.63. The average molecular weight is 228 g/mol. The number of hydrogen-bond donors (Lipinski definition) is 0. The fourth-order valence-electron chi connectivity index (χ4n) is 1.21. The summed E-state index contributed by atoms with van der Waals surface area (Å²) < 4.78 is 10.1. The van der Waals surface area contributed by atoms with Crippen molar-refractivity contribution in [1.82, 2.24) is 0 Å². The molecule has 0 saturated heterocycles. The average Bonchev–Trinajstić information content (AvgIpc) is 2.20. The van der Waals surface area contributed by atoms with Gasteiger partial charge in [0.1, 0.15) is 24.9 Å². The van der Waals surface area contributed by atoms with Gasteiger partial charge in [0.15, 0.2) is 0 Å². The second kappa shape index (κ2) is 8.95. The van der Waals surface area contributed by atoms with Gasteiger partial charge in [0.25, 0.3) is 0 Å². The highest BCUT2D eigenvalue weighted by molar-refractivity contribution is 5.94. The van der Waals surface area contributed by atoms with Crippen LogP contribution >= 0.6 is 0 Å². The lowest BCUT2D eigenvalue weighted by molar-refractivity contribution is -0.153. The molecule has 1 unspecified atom stereocenters. The molecule has 4 nitrogen and oxygen atoms in total. The molecule has 92 valence electrons. The van der Waals surface area contributed by atoms with Crippen LogP contribution in [0.1, 0.15) is 39.5 Å². The molecule has 0 heterocycles. The Kier molecular flexibility index (Phi) is 8.21. The maximum absolute atomic E-state index is 11.3. The van der Waals surface area contributed by atoms with Gasteiger partial charge in [0.2, 0.25) is 0 Å². The summed E-state index contributed by atoms with van der Waals surface area (Å²) in [6.45, 7) is 7.14. The lowest BCUT2D eigenvalue weighted by Gasteiger charge is -2.16. The van der Waals surface area contributed by atoms with Crippen LogP contribution in [0, 0.1) is 0 Å². The normalized spacial score (nSPS) is 11.6. The highest BCUT2D eigenvalue weighted by atomic mass is 16.6. The summed E-state index contributed by atoms with van der Waals surface area (Å²) in [7, 11) is 0. The molecule has 1 atom stereocenters. The first-order valence-electron chi connectivity index (χ1n) is 5.51. The number of Topliss-reactive ketones (excluding diaryl/α,β-unsaturated/α-hetero) is 1. The Labute approximate surface area is 96.6 Å². The van der Waals surface area contributed by atoms with Gasteiger partial charge in [-0.05, 0) is 19.8 Å². The van der Waals surface area contributed by atoms with E-state index < -0.39 is 5.97 Å². The van der Waals surface area contributed by atoms with E-state index in [1.807, 2.05) is 0 Å². The summed E-state index contributed by atoms with van der Waals surface area (Å²) in [5.74, 6) is -0.676. The standard InChI is InChI=1S/C12H20O4/c1-4-6-7-11(9-15-5-2)16-12(14)8-10(3)13/h5,11H,2,4,6-9H2,1,3H3. The molecule has 0 N–H and O–H groups in total. The van der Waals surface area contributed by atoms with Gasteiger partial charge >= 0.3 is 5.97 Å². The third-order valence-corrected chi connectivity index (χ3v) is 1.97. The number of rotatable bonds is 9. The molecular formula is C12H20O4. The van der Waals surface area contributed by atoms with Crippen molar-refractivity contribution in [2.45, 2.75) is 45.6 Å². The van der Waals surface area contributed by atoms with Crippen molar-refractivity contribution in [3.63, 3.8) is 0 Å². The van der Waals surface area contributed by atoms with Gasteiger partial charge in [-0.2, -0.15) is 0 Å². The Morgan fingerprint density at radius 3 is 2.62 bits per heavy atom. The fourth-order valence-corrected chi connectivity index (χ4v) is 1.21. The predicted molar refractivity (Wildman–Crippen MR) is 60.9 cm³/mol. The first kappa shape index (κ1) is 14.7. The third kappa shape index (κ3) is 8.03. The largest absolute Gasteiger partial charge is 0.498 e. The number of carbonyl (C=O) groups is 2. The van der Waals surface area contributed by atoms with E-state index in [2.05, 4.69) is 13.5 Å². The first-order valence-corrected chi connectivity index (χ1v) is 5.51. The van der Waals surface area contributed by atoms with Crippen molar-refractivity contribution in [3.05, 3.63) is 12.8 Å². The van der Waals surface area contributed by atoms with Crippen LogP contribution in [-0.2, 0) is 19.1 Å². The van der Waals surface area contributed by atoms with Crippen molar-refractivity contribution in [3.8, 4) is 0 Å². The van der Waals surface area contributed by atoms with E-state index in [0.29, 0.717) is 6.61 Å². The monoisotopic (exact) mass is 228 g/mol. The molecule has 0 rings (SSSR count). The molecule has 0 spiro atoms. The van der Waals surface area contributed by atoms with E-state index in [-0.39, 0.29) is 18.3 Å². The zero-order chi connectivity index (χ0) is 12.4. The number of ketones is 1. The summed E-state index contributed by atoms with van der Waals surface area (Å²) in [6, 6.07) is 0. The number of unbranched alkanes of at least 4 members (excludes halogenated alkanes) is 1. The van der Waals surface area contributed by atoms with Gasteiger partial charge in [-0.3, -0.25) is 9.59 Å². The SMILES string of the molecule is C=COCC(CCCC)OC(=O)CC(C)=O. The van der Waals surface area contributed by atoms with E-state index in [0.717, 1.165) is 19.3 Å². The maximum Gasteiger partial charge on any atom is 0.313 e. The molecule has 16 heavy (non-hydrogen) atoms. The van der Waals surface area contributed by atoms with Gasteiger partial charge < -0.3 is 9.47 Å². The summed E-state index contributed by atoms with van der Waals surface area (Å²) in [5, 5.41) is 0. The van der Waals surface area contributed by atoms with E-state index in [4.69, 9.17) is 9.47 Å². The number of ether oxygens (including phenoxy) is 2. The molecule has 0 radical (unpaired) electrons. The predicted octanol–water partition coefficient (Wildman–Crippen LogP) is 2.23. The summed E-state index contributed by atoms with van der Waals surface area (Å²) in [4.78, 5) is 22.0. The summed E-state index contributed by atoms with van der Waals surface area (Å²) in [5.41, 5.74) is 0. The van der Waals surface area contributed by atoms with Crippen LogP contribution in [0.5, 0.6) is 0 Å². The molecule has 0 aliphatic heterocycles. The van der Waals surface area contributed by atoms with Gasteiger partial charge in [-0.15, -0.1) is 0 Å². The fraction of sp³-hybridized carbons (Fsp3) is 0.667. The van der Waals surface area contributed by atoms with Crippen LogP contribution in [0.25, 0.3) is 0 Å². The van der Waals surface area contributed by atoms with E-state index in [1.165, 1.54) is 13.2 Å². The Morgan fingerprint density at radius 1 is 1.44 bits per heavy atom. The molecule has 0 saturated carbocycles. The van der Waals surface area contributed by atoms with Crippen LogP contribution in [0.2, 0.25) is 0 Å². The zero-order valence-corrected chi connectivity index (χ0v) is 10.0. The number of esters is 1. The lowest BCUT2D eigenvalue weighted by atomic mass is 10.2. The first-order chi connectivity index (χ1) is 7.60. The molecular weight excluding hydrogens is 208 g/mol. The summed E-state index contributed by atoms with van der Waals surface area (Å²) >= 11 is 0. The van der Waals surface area contributed by atoms with Crippen molar-refractivity contribution in [1.29, 1.82) is 0 Å². The molecule has 0 aliphatic carbocycles. The maximum atomic E-state index is 11.3. The third-order valence-electron chi connectivity index (χ3n) is 1.97. The van der Waals surface area contributed by atoms with Gasteiger partial charge in [-0.1, -0.05) is 19.9 Å². The van der Waals surface area contributed by atoms with Crippen molar-refractivity contribution in [2.75, 3.05) is 6.61 Å². The molecule has 4 heteroatoms. The van der Waals surface area contributed by atoms with Crippen LogP contribution in [-0.4, -0.2) is 24.5 Å². The zero-order valence-electron chi connectivity index (χ0n) is 10.0. The molecule has 0 aromatic rings. The van der Waals surface area contributed by atoms with Gasteiger partial charge in [0.05, 0.1) is 6.26 Å². The quantitative estimate of drug-likeness (QED) is 0.345. The Balaban J connectivity index is 4.01. The second-order valence-electron chi connectivity index (χ2n) is 3.63.